The highest BCUT2D eigenvalue weighted by molar-refractivity contribution is 7.50. The monoisotopic (exact) mass is 159 g/mol. The van der Waals surface area contributed by atoms with E-state index in [1.807, 2.05) is 0 Å². The Hall–Kier alpha value is -0.0700. The predicted octanol–water partition coefficient (Wildman–Crippen LogP) is 1.46. The van der Waals surface area contributed by atoms with Gasteiger partial charge in [-0.15, -0.1) is 0 Å². The van der Waals surface area contributed by atoms with Gasteiger partial charge >= 0.3 is 0 Å². The Morgan fingerprint density at radius 1 is 1.50 bits per heavy atom. The van der Waals surface area contributed by atoms with E-state index < -0.39 is 0 Å². The molecule has 0 radical (unpaired) electrons. The van der Waals surface area contributed by atoms with Crippen LogP contribution in [0.25, 0.3) is 0 Å². The molecule has 1 aliphatic heterocycles. The van der Waals surface area contributed by atoms with Gasteiger partial charge in [0.25, 0.3) is 0 Å². The van der Waals surface area contributed by atoms with E-state index in [-0.39, 0.29) is 8.07 Å². The van der Waals surface area contributed by atoms with Crippen molar-refractivity contribution >= 4 is 8.07 Å². The van der Waals surface area contributed by atoms with E-state index in [0.717, 1.165) is 10.9 Å². The SMILES string of the molecule is CN1C=C[N+](C)(P(C)C)C1. The van der Waals surface area contributed by atoms with Crippen LogP contribution in [-0.2, 0) is 0 Å². The Bertz CT molecular complexity index is 156. The molecule has 2 nitrogen and oxygen atoms in total. The Labute approximate surface area is 64.5 Å². The summed E-state index contributed by atoms with van der Waals surface area (Å²) in [7, 11) is 4.51. The molecule has 3 heteroatoms. The van der Waals surface area contributed by atoms with Crippen molar-refractivity contribution in [1.29, 1.82) is 0 Å². The third-order valence-corrected chi connectivity index (χ3v) is 4.15. The summed E-state index contributed by atoms with van der Waals surface area (Å²) >= 11 is 0. The minimum absolute atomic E-state index is 0.0988. The molecule has 1 aliphatic rings. The zero-order valence-corrected chi connectivity index (χ0v) is 8.10. The van der Waals surface area contributed by atoms with Gasteiger partial charge in [-0.25, -0.2) is 0 Å². The highest BCUT2D eigenvalue weighted by Crippen LogP contribution is 2.41. The molecule has 0 spiro atoms. The summed E-state index contributed by atoms with van der Waals surface area (Å²) in [5, 5.41) is 0. The summed E-state index contributed by atoms with van der Waals surface area (Å²) in [6, 6.07) is 0. The van der Waals surface area contributed by atoms with Crippen molar-refractivity contribution < 1.29 is 4.25 Å². The first-order chi connectivity index (χ1) is 4.54. The molecule has 1 unspecified atom stereocenters. The quantitative estimate of drug-likeness (QED) is 0.523. The van der Waals surface area contributed by atoms with Gasteiger partial charge < -0.3 is 4.90 Å². The van der Waals surface area contributed by atoms with E-state index in [9.17, 15) is 0 Å². The Morgan fingerprint density at radius 3 is 2.30 bits per heavy atom. The fourth-order valence-electron chi connectivity index (χ4n) is 1.06. The largest absolute Gasteiger partial charge is 0.329 e. The summed E-state index contributed by atoms with van der Waals surface area (Å²) in [6.45, 7) is 5.77. The molecule has 0 N–H and O–H groups in total. The Balaban J connectivity index is 2.65. The van der Waals surface area contributed by atoms with Gasteiger partial charge in [0.2, 0.25) is 0 Å². The number of hydrogen-bond acceptors (Lipinski definition) is 1. The van der Waals surface area contributed by atoms with Crippen LogP contribution in [0.5, 0.6) is 0 Å². The third kappa shape index (κ3) is 1.33. The first kappa shape index (κ1) is 8.03. The maximum atomic E-state index is 2.32. The van der Waals surface area contributed by atoms with Gasteiger partial charge in [0.05, 0.1) is 13.2 Å². The lowest BCUT2D eigenvalue weighted by atomic mass is 10.9. The Morgan fingerprint density at radius 2 is 2.10 bits per heavy atom. The lowest BCUT2D eigenvalue weighted by molar-refractivity contribution is -0.731. The van der Waals surface area contributed by atoms with Crippen molar-refractivity contribution in [3.8, 4) is 0 Å². The molecule has 0 aromatic heterocycles. The maximum Gasteiger partial charge on any atom is 0.159 e. The van der Waals surface area contributed by atoms with Crippen LogP contribution in [0.1, 0.15) is 0 Å². The minimum Gasteiger partial charge on any atom is -0.329 e. The number of hydrogen-bond donors (Lipinski definition) is 0. The molecule has 0 saturated carbocycles. The van der Waals surface area contributed by atoms with Crippen LogP contribution in [0.15, 0.2) is 12.4 Å². The molecule has 0 amide bonds. The minimum atomic E-state index is 0.0988. The lowest BCUT2D eigenvalue weighted by Crippen LogP contribution is -2.34. The van der Waals surface area contributed by atoms with Crippen LogP contribution in [-0.4, -0.2) is 43.2 Å². The van der Waals surface area contributed by atoms with Crippen LogP contribution >= 0.6 is 8.07 Å². The molecule has 0 bridgehead atoms. The predicted molar refractivity (Wildman–Crippen MR) is 46.7 cm³/mol. The molecule has 58 valence electrons. The molecule has 0 aliphatic carbocycles. The molecule has 0 fully saturated rings. The van der Waals surface area contributed by atoms with Gasteiger partial charge in [-0.1, -0.05) is 0 Å². The molecule has 10 heavy (non-hydrogen) atoms. The van der Waals surface area contributed by atoms with E-state index >= 15 is 0 Å². The molecule has 1 heterocycles. The van der Waals surface area contributed by atoms with Gasteiger partial charge in [0, 0.05) is 20.4 Å². The summed E-state index contributed by atoms with van der Waals surface area (Å²) in [6.07, 6.45) is 4.45. The van der Waals surface area contributed by atoms with Crippen LogP contribution in [0.4, 0.5) is 0 Å². The van der Waals surface area contributed by atoms with E-state index in [1.54, 1.807) is 0 Å². The van der Waals surface area contributed by atoms with Crippen molar-refractivity contribution in [3.63, 3.8) is 0 Å². The molecular weight excluding hydrogens is 143 g/mol. The average Bonchev–Trinajstić information content (AvgIpc) is 2.13. The van der Waals surface area contributed by atoms with Gasteiger partial charge in [-0.3, -0.25) is 4.25 Å². The second-order valence-corrected chi connectivity index (χ2v) is 5.87. The number of nitrogens with zero attached hydrogens (tertiary/aromatic N) is 2. The molecule has 1 rings (SSSR count). The smallest absolute Gasteiger partial charge is 0.159 e. The van der Waals surface area contributed by atoms with Crippen molar-refractivity contribution in [3.05, 3.63) is 12.4 Å². The van der Waals surface area contributed by atoms with E-state index in [4.69, 9.17) is 0 Å². The number of rotatable bonds is 1. The Kier molecular flexibility index (Phi) is 2.02. The van der Waals surface area contributed by atoms with E-state index in [0.29, 0.717) is 0 Å². The van der Waals surface area contributed by atoms with Gasteiger partial charge in [0.15, 0.2) is 6.67 Å². The van der Waals surface area contributed by atoms with Crippen LogP contribution in [0, 0.1) is 0 Å². The highest BCUT2D eigenvalue weighted by atomic mass is 31.1. The standard InChI is InChI=1S/C7H16N2P/c1-8-5-6-9(2,7-8)10(3)4/h5-6H,7H2,1-4H3/q+1. The third-order valence-electron chi connectivity index (χ3n) is 2.07. The fraction of sp³-hybridized carbons (Fsp3) is 0.714. The first-order valence-corrected chi connectivity index (χ1v) is 5.66. The second kappa shape index (κ2) is 2.52. The first-order valence-electron chi connectivity index (χ1n) is 3.47. The summed E-state index contributed by atoms with van der Waals surface area (Å²) in [4.78, 5) is 2.24. The van der Waals surface area contributed by atoms with Crippen LogP contribution < -0.4 is 0 Å². The van der Waals surface area contributed by atoms with Crippen molar-refractivity contribution in [1.82, 2.24) is 4.90 Å². The molecule has 0 aromatic rings. The topological polar surface area (TPSA) is 3.24 Å². The molecule has 0 saturated heterocycles. The van der Waals surface area contributed by atoms with E-state index in [1.165, 1.54) is 0 Å². The molecule has 0 aromatic carbocycles. The highest BCUT2D eigenvalue weighted by Gasteiger charge is 2.29. The van der Waals surface area contributed by atoms with Crippen molar-refractivity contribution in [2.45, 2.75) is 0 Å². The van der Waals surface area contributed by atoms with Gasteiger partial charge in [-0.2, -0.15) is 0 Å². The number of quaternary nitrogens is 1. The summed E-state index contributed by atoms with van der Waals surface area (Å²) in [5.74, 6) is 0. The fourth-order valence-corrected chi connectivity index (χ4v) is 1.84. The summed E-state index contributed by atoms with van der Waals surface area (Å²) in [5.41, 5.74) is 0. The van der Waals surface area contributed by atoms with Crippen molar-refractivity contribution in [2.75, 3.05) is 34.1 Å². The van der Waals surface area contributed by atoms with Crippen molar-refractivity contribution in [2.24, 2.45) is 0 Å². The van der Waals surface area contributed by atoms with Crippen LogP contribution in [0.2, 0.25) is 0 Å². The normalized spacial score (nSPS) is 32.3. The summed E-state index contributed by atoms with van der Waals surface area (Å²) < 4.78 is 1.10. The van der Waals surface area contributed by atoms with Gasteiger partial charge in [-0.05, 0) is 0 Å². The zero-order chi connectivity index (χ0) is 7.78. The maximum absolute atomic E-state index is 2.32. The molecular formula is C7H16N2P+. The lowest BCUT2D eigenvalue weighted by Gasteiger charge is -2.30. The van der Waals surface area contributed by atoms with E-state index in [2.05, 4.69) is 44.7 Å². The van der Waals surface area contributed by atoms with Crippen LogP contribution in [0.3, 0.4) is 0 Å². The van der Waals surface area contributed by atoms with Gasteiger partial charge in [0.1, 0.15) is 14.3 Å². The zero-order valence-electron chi connectivity index (χ0n) is 7.20. The second-order valence-electron chi connectivity index (χ2n) is 3.26. The molecule has 1 atom stereocenters. The average molecular weight is 159 g/mol.